The summed E-state index contributed by atoms with van der Waals surface area (Å²) in [6, 6.07) is 10.5. The summed E-state index contributed by atoms with van der Waals surface area (Å²) >= 11 is 0. The Hall–Kier alpha value is -2.98. The molecule has 0 unspecified atom stereocenters. The van der Waals surface area contributed by atoms with E-state index in [0.29, 0.717) is 6.04 Å². The van der Waals surface area contributed by atoms with E-state index in [1.807, 2.05) is 30.3 Å². The van der Waals surface area contributed by atoms with Gasteiger partial charge in [0.15, 0.2) is 5.69 Å². The zero-order chi connectivity index (χ0) is 19.6. The summed E-state index contributed by atoms with van der Waals surface area (Å²) in [5.41, 5.74) is 8.42. The van der Waals surface area contributed by atoms with Crippen LogP contribution in [0.3, 0.4) is 0 Å². The second kappa shape index (κ2) is 7.72. The van der Waals surface area contributed by atoms with Gasteiger partial charge in [-0.2, -0.15) is 5.26 Å². The van der Waals surface area contributed by atoms with Gasteiger partial charge < -0.3 is 19.9 Å². The van der Waals surface area contributed by atoms with Crippen LogP contribution in [-0.2, 0) is 4.74 Å². The number of nitrogens with two attached hydrogens (primary N) is 1. The van der Waals surface area contributed by atoms with Gasteiger partial charge in [-0.05, 0) is 38.1 Å². The number of hydrogen-bond donors (Lipinski definition) is 1. The molecule has 1 aromatic heterocycles. The predicted octanol–water partition coefficient (Wildman–Crippen LogP) is 2.25. The van der Waals surface area contributed by atoms with Crippen LogP contribution in [-0.4, -0.2) is 54.8 Å². The minimum atomic E-state index is -0.567. The Morgan fingerprint density at radius 3 is 2.26 bits per heavy atom. The molecule has 1 aliphatic heterocycles. The number of anilines is 2. The summed E-state index contributed by atoms with van der Waals surface area (Å²) in [5, 5.41) is 9.23. The number of nitrogens with zero attached hydrogens (tertiary/aromatic N) is 4. The number of nitrogen functional groups attached to an aromatic ring is 1. The molecule has 1 saturated heterocycles. The second-order valence-electron chi connectivity index (χ2n) is 6.91. The van der Waals surface area contributed by atoms with Gasteiger partial charge in [-0.1, -0.05) is 0 Å². The Labute approximate surface area is 159 Å². The van der Waals surface area contributed by atoms with Gasteiger partial charge in [0.1, 0.15) is 6.07 Å². The summed E-state index contributed by atoms with van der Waals surface area (Å²) in [6.45, 7) is 8.51. The highest BCUT2D eigenvalue weighted by Gasteiger charge is 2.22. The smallest absolute Gasteiger partial charge is 0.357 e. The SMILES string of the molecule is COC(=O)c1c(N)c(C#N)cn1-c1ccc(N2CCN(C(C)C)CC2)cc1. The third kappa shape index (κ3) is 3.62. The van der Waals surface area contributed by atoms with E-state index in [4.69, 9.17) is 10.5 Å². The van der Waals surface area contributed by atoms with Crippen LogP contribution in [0.4, 0.5) is 11.4 Å². The van der Waals surface area contributed by atoms with Crippen LogP contribution in [0.25, 0.3) is 5.69 Å². The number of methoxy groups -OCH3 is 1. The van der Waals surface area contributed by atoms with Crippen LogP contribution < -0.4 is 10.6 Å². The van der Waals surface area contributed by atoms with Gasteiger partial charge in [-0.15, -0.1) is 0 Å². The number of carbonyl (C=O) groups is 1. The fourth-order valence-corrected chi connectivity index (χ4v) is 3.44. The van der Waals surface area contributed by atoms with E-state index in [-0.39, 0.29) is 16.9 Å². The molecule has 1 aliphatic rings. The normalized spacial score (nSPS) is 15.0. The molecule has 27 heavy (non-hydrogen) atoms. The number of esters is 1. The lowest BCUT2D eigenvalue weighted by Gasteiger charge is -2.38. The second-order valence-corrected chi connectivity index (χ2v) is 6.91. The van der Waals surface area contributed by atoms with Gasteiger partial charge in [0.05, 0.1) is 18.4 Å². The summed E-state index contributed by atoms with van der Waals surface area (Å²) < 4.78 is 6.43. The molecule has 0 spiro atoms. The lowest BCUT2D eigenvalue weighted by atomic mass is 10.2. The van der Waals surface area contributed by atoms with Crippen LogP contribution in [0.15, 0.2) is 30.5 Å². The van der Waals surface area contributed by atoms with Crippen molar-refractivity contribution >= 4 is 17.3 Å². The highest BCUT2D eigenvalue weighted by atomic mass is 16.5. The van der Waals surface area contributed by atoms with Crippen LogP contribution in [0.1, 0.15) is 29.9 Å². The Morgan fingerprint density at radius 2 is 1.74 bits per heavy atom. The number of nitriles is 1. The van der Waals surface area contributed by atoms with Crippen LogP contribution in [0, 0.1) is 11.3 Å². The molecule has 0 saturated carbocycles. The number of aromatic nitrogens is 1. The number of rotatable bonds is 4. The molecule has 0 radical (unpaired) electrons. The van der Waals surface area contributed by atoms with E-state index in [0.717, 1.165) is 37.6 Å². The van der Waals surface area contributed by atoms with Crippen molar-refractivity contribution in [2.75, 3.05) is 43.9 Å². The molecule has 0 atom stereocenters. The molecule has 0 bridgehead atoms. The molecule has 0 amide bonds. The number of piperazine rings is 1. The quantitative estimate of drug-likeness (QED) is 0.834. The van der Waals surface area contributed by atoms with Crippen molar-refractivity contribution in [2.45, 2.75) is 19.9 Å². The largest absolute Gasteiger partial charge is 0.464 e. The van der Waals surface area contributed by atoms with Gasteiger partial charge in [-0.25, -0.2) is 4.79 Å². The third-order valence-corrected chi connectivity index (χ3v) is 5.08. The molecule has 2 heterocycles. The van der Waals surface area contributed by atoms with Gasteiger partial charge in [-0.3, -0.25) is 4.90 Å². The van der Waals surface area contributed by atoms with Crippen molar-refractivity contribution in [3.63, 3.8) is 0 Å². The molecule has 2 N–H and O–H groups in total. The summed E-state index contributed by atoms with van der Waals surface area (Å²) in [7, 11) is 1.30. The monoisotopic (exact) mass is 367 g/mol. The lowest BCUT2D eigenvalue weighted by molar-refractivity contribution is 0.0593. The molecule has 7 heteroatoms. The molecule has 1 fully saturated rings. The number of carbonyl (C=O) groups excluding carboxylic acids is 1. The van der Waals surface area contributed by atoms with Crippen molar-refractivity contribution in [1.29, 1.82) is 5.26 Å². The molecule has 2 aromatic rings. The van der Waals surface area contributed by atoms with Gasteiger partial charge in [0.2, 0.25) is 0 Å². The average Bonchev–Trinajstić information content (AvgIpc) is 3.04. The van der Waals surface area contributed by atoms with E-state index in [1.165, 1.54) is 7.11 Å². The van der Waals surface area contributed by atoms with Gasteiger partial charge >= 0.3 is 5.97 Å². The average molecular weight is 367 g/mol. The van der Waals surface area contributed by atoms with E-state index in [9.17, 15) is 10.1 Å². The highest BCUT2D eigenvalue weighted by molar-refractivity contribution is 5.95. The highest BCUT2D eigenvalue weighted by Crippen LogP contribution is 2.26. The maximum atomic E-state index is 12.1. The van der Waals surface area contributed by atoms with Crippen molar-refractivity contribution in [1.82, 2.24) is 9.47 Å². The molecule has 3 rings (SSSR count). The first-order chi connectivity index (χ1) is 13.0. The zero-order valence-corrected chi connectivity index (χ0v) is 16.0. The number of hydrogen-bond acceptors (Lipinski definition) is 6. The van der Waals surface area contributed by atoms with Crippen molar-refractivity contribution in [3.8, 4) is 11.8 Å². The summed E-state index contributed by atoms with van der Waals surface area (Å²) in [4.78, 5) is 16.9. The topological polar surface area (TPSA) is 87.5 Å². The van der Waals surface area contributed by atoms with E-state index in [2.05, 4.69) is 23.6 Å². The number of ether oxygens (including phenoxy) is 1. The van der Waals surface area contributed by atoms with Crippen LogP contribution >= 0.6 is 0 Å². The lowest BCUT2D eigenvalue weighted by Crippen LogP contribution is -2.48. The maximum Gasteiger partial charge on any atom is 0.357 e. The standard InChI is InChI=1S/C20H25N5O2/c1-14(2)23-8-10-24(11-9-23)16-4-6-17(7-5-16)25-13-15(12-21)18(22)19(25)20(26)27-3/h4-7,13-14H,8-11,22H2,1-3H3. The molecular weight excluding hydrogens is 342 g/mol. The van der Waals surface area contributed by atoms with Crippen molar-refractivity contribution < 1.29 is 9.53 Å². The zero-order valence-electron chi connectivity index (χ0n) is 16.0. The van der Waals surface area contributed by atoms with Crippen LogP contribution in [0.2, 0.25) is 0 Å². The number of benzene rings is 1. The molecule has 0 aliphatic carbocycles. The Balaban J connectivity index is 1.85. The third-order valence-electron chi connectivity index (χ3n) is 5.08. The Morgan fingerprint density at radius 1 is 1.15 bits per heavy atom. The Bertz CT molecular complexity index is 856. The van der Waals surface area contributed by atoms with Crippen molar-refractivity contribution in [3.05, 3.63) is 41.7 Å². The fourth-order valence-electron chi connectivity index (χ4n) is 3.44. The first-order valence-electron chi connectivity index (χ1n) is 9.05. The molecule has 142 valence electrons. The fraction of sp³-hybridized carbons (Fsp3) is 0.400. The molecule has 7 nitrogen and oxygen atoms in total. The minimum absolute atomic E-state index is 0.137. The van der Waals surface area contributed by atoms with E-state index in [1.54, 1.807) is 10.8 Å². The van der Waals surface area contributed by atoms with Crippen LogP contribution in [0.5, 0.6) is 0 Å². The Kier molecular flexibility index (Phi) is 5.38. The molecule has 1 aromatic carbocycles. The van der Waals surface area contributed by atoms with Gasteiger partial charge in [0, 0.05) is 49.8 Å². The van der Waals surface area contributed by atoms with Gasteiger partial charge in [0.25, 0.3) is 0 Å². The molecular formula is C20H25N5O2. The van der Waals surface area contributed by atoms with E-state index >= 15 is 0 Å². The van der Waals surface area contributed by atoms with E-state index < -0.39 is 5.97 Å². The predicted molar refractivity (Wildman–Crippen MR) is 105 cm³/mol. The van der Waals surface area contributed by atoms with Crippen molar-refractivity contribution in [2.24, 2.45) is 0 Å². The maximum absolute atomic E-state index is 12.1. The first-order valence-corrected chi connectivity index (χ1v) is 9.05. The minimum Gasteiger partial charge on any atom is -0.464 e. The first kappa shape index (κ1) is 18.8. The summed E-state index contributed by atoms with van der Waals surface area (Å²) in [6.07, 6.45) is 1.57. The summed E-state index contributed by atoms with van der Waals surface area (Å²) in [5.74, 6) is -0.567.